The number of fused-ring (bicyclic) bond motifs is 1. The molecule has 0 saturated carbocycles. The Bertz CT molecular complexity index is 695. The van der Waals surface area contributed by atoms with Crippen molar-refractivity contribution in [3.8, 4) is 0 Å². The van der Waals surface area contributed by atoms with E-state index in [0.29, 0.717) is 6.61 Å². The van der Waals surface area contributed by atoms with Gasteiger partial charge < -0.3 is 20.4 Å². The van der Waals surface area contributed by atoms with E-state index in [1.807, 2.05) is 12.1 Å². The third kappa shape index (κ3) is 3.05. The minimum Gasteiger partial charge on any atom is -0.382 e. The van der Waals surface area contributed by atoms with E-state index in [0.717, 1.165) is 41.4 Å². The zero-order chi connectivity index (χ0) is 15.5. The standard InChI is InChI=1S/C16H21ClN4O/c1-10-12(15-13(17)4-3-5-14(15)20-10)6-7-18-16-19-8-11(21-16)9-22-2/h3-5,11,20H,6-9H2,1-2H3,(H2,18,19,21). The Balaban J connectivity index is 1.62. The Hall–Kier alpha value is -1.72. The second kappa shape index (κ2) is 6.58. The Morgan fingerprint density at radius 3 is 3.14 bits per heavy atom. The van der Waals surface area contributed by atoms with Gasteiger partial charge in [0.15, 0.2) is 5.96 Å². The number of nitrogens with zero attached hydrogens (tertiary/aromatic N) is 1. The lowest BCUT2D eigenvalue weighted by atomic mass is 10.1. The molecule has 6 heteroatoms. The molecule has 0 saturated heterocycles. The molecule has 2 heterocycles. The lowest BCUT2D eigenvalue weighted by Crippen LogP contribution is -2.41. The van der Waals surface area contributed by atoms with Crippen molar-refractivity contribution >= 4 is 28.5 Å². The molecule has 0 aliphatic carbocycles. The molecule has 5 nitrogen and oxygen atoms in total. The fourth-order valence-electron chi connectivity index (χ4n) is 2.91. The van der Waals surface area contributed by atoms with E-state index in [2.05, 4.69) is 33.6 Å². The molecular weight excluding hydrogens is 300 g/mol. The summed E-state index contributed by atoms with van der Waals surface area (Å²) < 4.78 is 5.13. The Morgan fingerprint density at radius 1 is 1.45 bits per heavy atom. The molecule has 22 heavy (non-hydrogen) atoms. The zero-order valence-electron chi connectivity index (χ0n) is 12.9. The molecule has 0 radical (unpaired) electrons. The largest absolute Gasteiger partial charge is 0.382 e. The van der Waals surface area contributed by atoms with Crippen LogP contribution in [-0.2, 0) is 11.2 Å². The van der Waals surface area contributed by atoms with Gasteiger partial charge in [-0.15, -0.1) is 0 Å². The fraction of sp³-hybridized carbons (Fsp3) is 0.438. The molecular formula is C16H21ClN4O. The van der Waals surface area contributed by atoms with E-state index in [4.69, 9.17) is 16.3 Å². The molecule has 0 amide bonds. The number of benzene rings is 1. The number of halogens is 1. The van der Waals surface area contributed by atoms with Gasteiger partial charge in [-0.3, -0.25) is 4.99 Å². The van der Waals surface area contributed by atoms with Gasteiger partial charge in [0, 0.05) is 30.3 Å². The van der Waals surface area contributed by atoms with Crippen LogP contribution in [0, 0.1) is 6.92 Å². The van der Waals surface area contributed by atoms with Crippen LogP contribution in [-0.4, -0.2) is 43.8 Å². The van der Waals surface area contributed by atoms with Crippen molar-refractivity contribution < 1.29 is 4.74 Å². The van der Waals surface area contributed by atoms with Crippen LogP contribution < -0.4 is 10.6 Å². The van der Waals surface area contributed by atoms with Crippen molar-refractivity contribution in [2.45, 2.75) is 19.4 Å². The van der Waals surface area contributed by atoms with Crippen molar-refractivity contribution in [1.29, 1.82) is 0 Å². The van der Waals surface area contributed by atoms with Crippen LogP contribution in [0.1, 0.15) is 11.3 Å². The van der Waals surface area contributed by atoms with Gasteiger partial charge in [0.1, 0.15) is 0 Å². The molecule has 1 atom stereocenters. The van der Waals surface area contributed by atoms with Crippen LogP contribution in [0.15, 0.2) is 23.2 Å². The first-order chi connectivity index (χ1) is 10.7. The molecule has 0 fully saturated rings. The number of hydrogen-bond acceptors (Lipinski definition) is 4. The first-order valence-corrected chi connectivity index (χ1v) is 7.86. The van der Waals surface area contributed by atoms with E-state index < -0.39 is 0 Å². The van der Waals surface area contributed by atoms with Crippen molar-refractivity contribution in [2.24, 2.45) is 4.99 Å². The normalized spacial score (nSPS) is 17.6. The van der Waals surface area contributed by atoms with Crippen LogP contribution in [0.2, 0.25) is 5.02 Å². The molecule has 1 aromatic carbocycles. The molecule has 118 valence electrons. The lowest BCUT2D eigenvalue weighted by molar-refractivity contribution is 0.179. The van der Waals surface area contributed by atoms with Gasteiger partial charge in [0.05, 0.1) is 24.2 Å². The van der Waals surface area contributed by atoms with Gasteiger partial charge in [-0.25, -0.2) is 0 Å². The van der Waals surface area contributed by atoms with Gasteiger partial charge in [0.2, 0.25) is 0 Å². The van der Waals surface area contributed by atoms with E-state index >= 15 is 0 Å². The summed E-state index contributed by atoms with van der Waals surface area (Å²) in [4.78, 5) is 7.83. The number of aryl methyl sites for hydroxylation is 1. The minimum atomic E-state index is 0.275. The van der Waals surface area contributed by atoms with Gasteiger partial charge >= 0.3 is 0 Å². The molecule has 1 aliphatic rings. The number of aromatic amines is 1. The number of guanidine groups is 1. The maximum absolute atomic E-state index is 6.35. The number of methoxy groups -OCH3 is 1. The Labute approximate surface area is 135 Å². The smallest absolute Gasteiger partial charge is 0.191 e. The molecule has 1 aliphatic heterocycles. The summed E-state index contributed by atoms with van der Waals surface area (Å²) in [7, 11) is 1.70. The van der Waals surface area contributed by atoms with E-state index in [9.17, 15) is 0 Å². The number of hydrogen-bond donors (Lipinski definition) is 3. The zero-order valence-corrected chi connectivity index (χ0v) is 13.6. The topological polar surface area (TPSA) is 61.4 Å². The molecule has 3 rings (SSSR count). The molecule has 1 unspecified atom stereocenters. The maximum Gasteiger partial charge on any atom is 0.191 e. The molecule has 2 aromatic rings. The van der Waals surface area contributed by atoms with Crippen molar-refractivity contribution in [3.63, 3.8) is 0 Å². The summed E-state index contributed by atoms with van der Waals surface area (Å²) in [5, 5.41) is 8.59. The van der Waals surface area contributed by atoms with E-state index in [1.54, 1.807) is 7.11 Å². The molecule has 1 aromatic heterocycles. The predicted octanol–water partition coefficient (Wildman–Crippen LogP) is 2.24. The van der Waals surface area contributed by atoms with Gasteiger partial charge in [-0.05, 0) is 31.0 Å². The first kappa shape index (κ1) is 15.2. The number of ether oxygens (including phenoxy) is 1. The second-order valence-corrected chi connectivity index (χ2v) is 5.96. The quantitative estimate of drug-likeness (QED) is 0.792. The Morgan fingerprint density at radius 2 is 2.32 bits per heavy atom. The van der Waals surface area contributed by atoms with Gasteiger partial charge in [0.25, 0.3) is 0 Å². The summed E-state index contributed by atoms with van der Waals surface area (Å²) in [6.45, 7) is 4.33. The third-order valence-corrected chi connectivity index (χ3v) is 4.25. The highest BCUT2D eigenvalue weighted by molar-refractivity contribution is 6.35. The lowest BCUT2D eigenvalue weighted by Gasteiger charge is -2.11. The predicted molar refractivity (Wildman–Crippen MR) is 90.9 cm³/mol. The number of H-pyrrole nitrogens is 1. The van der Waals surface area contributed by atoms with Crippen molar-refractivity contribution in [2.75, 3.05) is 26.8 Å². The Kier molecular flexibility index (Phi) is 4.55. The molecule has 0 bridgehead atoms. The van der Waals surface area contributed by atoms with Crippen LogP contribution in [0.3, 0.4) is 0 Å². The maximum atomic E-state index is 6.35. The minimum absolute atomic E-state index is 0.275. The summed E-state index contributed by atoms with van der Waals surface area (Å²) >= 11 is 6.35. The van der Waals surface area contributed by atoms with E-state index in [1.165, 1.54) is 11.3 Å². The average molecular weight is 321 g/mol. The second-order valence-electron chi connectivity index (χ2n) is 5.55. The van der Waals surface area contributed by atoms with Crippen molar-refractivity contribution in [1.82, 2.24) is 15.6 Å². The summed E-state index contributed by atoms with van der Waals surface area (Å²) in [5.74, 6) is 0.852. The average Bonchev–Trinajstić information content (AvgIpc) is 3.05. The van der Waals surface area contributed by atoms with Crippen LogP contribution in [0.5, 0.6) is 0 Å². The number of rotatable bonds is 5. The molecule has 3 N–H and O–H groups in total. The van der Waals surface area contributed by atoms with Gasteiger partial charge in [-0.2, -0.15) is 0 Å². The third-order valence-electron chi connectivity index (χ3n) is 3.94. The van der Waals surface area contributed by atoms with E-state index in [-0.39, 0.29) is 6.04 Å². The fourth-order valence-corrected chi connectivity index (χ4v) is 3.20. The number of aromatic nitrogens is 1. The molecule has 0 spiro atoms. The first-order valence-electron chi connectivity index (χ1n) is 7.48. The van der Waals surface area contributed by atoms with Crippen LogP contribution in [0.25, 0.3) is 10.9 Å². The number of aliphatic imine (C=N–C) groups is 1. The van der Waals surface area contributed by atoms with Crippen LogP contribution in [0.4, 0.5) is 0 Å². The van der Waals surface area contributed by atoms with Crippen LogP contribution >= 0.6 is 11.6 Å². The van der Waals surface area contributed by atoms with Crippen molar-refractivity contribution in [3.05, 3.63) is 34.5 Å². The number of nitrogens with one attached hydrogen (secondary N) is 3. The SMILES string of the molecule is COCC1CN=C(NCCc2c(C)[nH]c3cccc(Cl)c23)N1. The summed E-state index contributed by atoms with van der Waals surface area (Å²) in [6, 6.07) is 6.24. The highest BCUT2D eigenvalue weighted by Crippen LogP contribution is 2.29. The highest BCUT2D eigenvalue weighted by atomic mass is 35.5. The summed E-state index contributed by atoms with van der Waals surface area (Å²) in [5.41, 5.74) is 3.53. The monoisotopic (exact) mass is 320 g/mol. The van der Waals surface area contributed by atoms with Gasteiger partial charge in [-0.1, -0.05) is 17.7 Å². The summed E-state index contributed by atoms with van der Waals surface area (Å²) in [6.07, 6.45) is 0.894. The highest BCUT2D eigenvalue weighted by Gasteiger charge is 2.17.